The average molecular weight is 423 g/mol. The lowest BCUT2D eigenvalue weighted by Gasteiger charge is -2.57. The highest BCUT2D eigenvalue weighted by Crippen LogP contribution is 2.63. The maximum atomic E-state index is 12.6. The Hall–Kier alpha value is -2.50. The molecule has 3 fully saturated rings. The number of carbonyl (C=O) groups excluding carboxylic acids is 1. The standard InChI is InChI=1S/C25H30N2O4/c1-24-11-9-18(31-17-6-4-16(5-7-17)27(29)30)13-15(24)3-8-19-20(24)10-12-25(2)22(28)14-21(26)23(19)25/h4-7,13,18-20,23,26H,3,8-12,14H2,1-2H3/t18?,19-,20+,23-,24+,25-/m1/s1. The number of ketones is 1. The van der Waals surface area contributed by atoms with Crippen molar-refractivity contribution >= 4 is 17.2 Å². The molecular formula is C25H30N2O4. The summed E-state index contributed by atoms with van der Waals surface area (Å²) in [4.78, 5) is 23.1. The number of Topliss-reactive ketones (excluding diaryl/α,β-unsaturated/α-hetero) is 1. The molecule has 0 heterocycles. The van der Waals surface area contributed by atoms with Gasteiger partial charge in [0.2, 0.25) is 0 Å². The van der Waals surface area contributed by atoms with Crippen LogP contribution in [0.15, 0.2) is 35.9 Å². The van der Waals surface area contributed by atoms with Gasteiger partial charge >= 0.3 is 0 Å². The lowest BCUT2D eigenvalue weighted by atomic mass is 9.47. The van der Waals surface area contributed by atoms with Crippen molar-refractivity contribution in [3.63, 3.8) is 0 Å². The molecule has 1 aromatic rings. The molecule has 6 atom stereocenters. The predicted octanol–water partition coefficient (Wildman–Crippen LogP) is 5.50. The van der Waals surface area contributed by atoms with Crippen LogP contribution in [-0.4, -0.2) is 22.5 Å². The number of hydrogen-bond acceptors (Lipinski definition) is 5. The first-order valence-corrected chi connectivity index (χ1v) is 11.5. The summed E-state index contributed by atoms with van der Waals surface area (Å²) in [5.41, 5.74) is 2.01. The summed E-state index contributed by atoms with van der Waals surface area (Å²) < 4.78 is 6.16. The smallest absolute Gasteiger partial charge is 0.269 e. The molecule has 0 amide bonds. The van der Waals surface area contributed by atoms with Gasteiger partial charge in [-0.3, -0.25) is 14.9 Å². The molecule has 0 spiro atoms. The molecule has 4 aliphatic rings. The second kappa shape index (κ2) is 7.01. The number of nitro groups is 1. The maximum Gasteiger partial charge on any atom is 0.269 e. The molecule has 31 heavy (non-hydrogen) atoms. The van der Waals surface area contributed by atoms with E-state index in [2.05, 4.69) is 19.9 Å². The van der Waals surface area contributed by atoms with Crippen LogP contribution in [0.1, 0.15) is 58.8 Å². The molecule has 0 aromatic heterocycles. The Morgan fingerprint density at radius 3 is 2.52 bits per heavy atom. The number of rotatable bonds is 3. The number of nitrogens with zero attached hydrogens (tertiary/aromatic N) is 1. The van der Waals surface area contributed by atoms with Crippen LogP contribution in [0.5, 0.6) is 5.75 Å². The van der Waals surface area contributed by atoms with Gasteiger partial charge in [0.25, 0.3) is 5.69 Å². The Balaban J connectivity index is 1.36. The minimum atomic E-state index is -0.400. The Bertz CT molecular complexity index is 984. The summed E-state index contributed by atoms with van der Waals surface area (Å²) in [6.07, 6.45) is 8.62. The van der Waals surface area contributed by atoms with Crippen molar-refractivity contribution in [1.29, 1.82) is 5.41 Å². The SMILES string of the molecule is C[C@]12CCC(Oc3ccc([N+](=O)[O-])cc3)C=C1CC[C@@H]1[C@@H]2CC[C@]2(C)C(=O)CC(=N)[C@@H]12. The van der Waals surface area contributed by atoms with E-state index < -0.39 is 4.92 Å². The van der Waals surface area contributed by atoms with Gasteiger partial charge in [-0.1, -0.05) is 19.4 Å². The molecule has 0 saturated heterocycles. The van der Waals surface area contributed by atoms with Gasteiger partial charge in [0.15, 0.2) is 0 Å². The van der Waals surface area contributed by atoms with E-state index in [4.69, 9.17) is 10.1 Å². The molecule has 1 unspecified atom stereocenters. The number of benzene rings is 1. The Morgan fingerprint density at radius 1 is 1.10 bits per heavy atom. The second-order valence-corrected chi connectivity index (χ2v) is 10.4. The summed E-state index contributed by atoms with van der Waals surface area (Å²) >= 11 is 0. The molecule has 3 saturated carbocycles. The van der Waals surface area contributed by atoms with Crippen LogP contribution in [0.4, 0.5) is 5.69 Å². The fourth-order valence-corrected chi connectivity index (χ4v) is 7.26. The van der Waals surface area contributed by atoms with Gasteiger partial charge in [-0.05, 0) is 74.0 Å². The molecule has 1 aromatic carbocycles. The Labute approximate surface area is 182 Å². The van der Waals surface area contributed by atoms with Crippen molar-refractivity contribution < 1.29 is 14.5 Å². The number of nitrogens with one attached hydrogen (secondary N) is 1. The van der Waals surface area contributed by atoms with Crippen LogP contribution < -0.4 is 4.74 Å². The summed E-state index contributed by atoms with van der Waals surface area (Å²) in [7, 11) is 0. The molecule has 4 aliphatic carbocycles. The highest BCUT2D eigenvalue weighted by Gasteiger charge is 2.60. The monoisotopic (exact) mass is 422 g/mol. The van der Waals surface area contributed by atoms with E-state index in [1.807, 2.05) is 0 Å². The first-order chi connectivity index (χ1) is 14.7. The second-order valence-electron chi connectivity index (χ2n) is 10.4. The first-order valence-electron chi connectivity index (χ1n) is 11.5. The topological polar surface area (TPSA) is 93.3 Å². The van der Waals surface area contributed by atoms with Crippen LogP contribution in [0, 0.1) is 44.1 Å². The van der Waals surface area contributed by atoms with Crippen molar-refractivity contribution in [3.8, 4) is 5.75 Å². The van der Waals surface area contributed by atoms with Crippen LogP contribution in [0.3, 0.4) is 0 Å². The number of allylic oxidation sites excluding steroid dienone is 1. The zero-order chi connectivity index (χ0) is 22.0. The first kappa shape index (κ1) is 20.4. The number of nitro benzene ring substituents is 1. The molecule has 0 radical (unpaired) electrons. The van der Waals surface area contributed by atoms with E-state index in [-0.39, 0.29) is 34.3 Å². The van der Waals surface area contributed by atoms with E-state index in [1.165, 1.54) is 17.7 Å². The largest absolute Gasteiger partial charge is 0.486 e. The van der Waals surface area contributed by atoms with E-state index in [1.54, 1.807) is 12.1 Å². The number of carbonyl (C=O) groups is 1. The third-order valence-corrected chi connectivity index (χ3v) is 8.94. The van der Waals surface area contributed by atoms with Gasteiger partial charge in [-0.2, -0.15) is 0 Å². The van der Waals surface area contributed by atoms with E-state index in [0.717, 1.165) is 38.5 Å². The molecule has 0 aliphatic heterocycles. The van der Waals surface area contributed by atoms with Crippen LogP contribution in [0.25, 0.3) is 0 Å². The molecule has 6 heteroatoms. The number of non-ortho nitro benzene ring substituents is 1. The zero-order valence-electron chi connectivity index (χ0n) is 18.2. The van der Waals surface area contributed by atoms with Gasteiger partial charge in [0, 0.05) is 35.6 Å². The van der Waals surface area contributed by atoms with E-state index in [0.29, 0.717) is 29.7 Å². The van der Waals surface area contributed by atoms with Gasteiger partial charge < -0.3 is 10.1 Å². The number of ether oxygens (including phenoxy) is 1. The zero-order valence-corrected chi connectivity index (χ0v) is 18.2. The molecule has 0 bridgehead atoms. The van der Waals surface area contributed by atoms with Gasteiger partial charge in [0.05, 0.1) is 4.92 Å². The lowest BCUT2D eigenvalue weighted by Crippen LogP contribution is -2.52. The van der Waals surface area contributed by atoms with Crippen LogP contribution in [-0.2, 0) is 4.79 Å². The van der Waals surface area contributed by atoms with Crippen molar-refractivity contribution in [2.75, 3.05) is 0 Å². The molecule has 5 rings (SSSR count). The normalized spacial score (nSPS) is 39.2. The molecule has 1 N–H and O–H groups in total. The fourth-order valence-electron chi connectivity index (χ4n) is 7.26. The Morgan fingerprint density at radius 2 is 1.81 bits per heavy atom. The third kappa shape index (κ3) is 3.06. The number of fused-ring (bicyclic) bond motifs is 5. The Kier molecular flexibility index (Phi) is 4.61. The van der Waals surface area contributed by atoms with Crippen molar-refractivity contribution in [1.82, 2.24) is 0 Å². The molecule has 164 valence electrons. The highest BCUT2D eigenvalue weighted by atomic mass is 16.6. The predicted molar refractivity (Wildman–Crippen MR) is 117 cm³/mol. The summed E-state index contributed by atoms with van der Waals surface area (Å²) in [5, 5.41) is 19.4. The minimum Gasteiger partial charge on any atom is -0.486 e. The van der Waals surface area contributed by atoms with Crippen LogP contribution in [0.2, 0.25) is 0 Å². The summed E-state index contributed by atoms with van der Waals surface area (Å²) in [5.74, 6) is 2.04. The van der Waals surface area contributed by atoms with Gasteiger partial charge in [0.1, 0.15) is 17.6 Å². The van der Waals surface area contributed by atoms with Gasteiger partial charge in [-0.15, -0.1) is 0 Å². The summed E-state index contributed by atoms with van der Waals surface area (Å²) in [6.45, 7) is 4.50. The molecule has 6 nitrogen and oxygen atoms in total. The van der Waals surface area contributed by atoms with Crippen molar-refractivity contribution in [3.05, 3.63) is 46.0 Å². The number of hydrogen-bond donors (Lipinski definition) is 1. The fraction of sp³-hybridized carbons (Fsp3) is 0.600. The maximum absolute atomic E-state index is 12.6. The third-order valence-electron chi connectivity index (χ3n) is 8.94. The highest BCUT2D eigenvalue weighted by molar-refractivity contribution is 6.12. The van der Waals surface area contributed by atoms with Gasteiger partial charge in [-0.25, -0.2) is 0 Å². The van der Waals surface area contributed by atoms with E-state index in [9.17, 15) is 14.9 Å². The quantitative estimate of drug-likeness (QED) is 0.395. The van der Waals surface area contributed by atoms with Crippen molar-refractivity contribution in [2.24, 2.45) is 28.6 Å². The summed E-state index contributed by atoms with van der Waals surface area (Å²) in [6, 6.07) is 6.31. The van der Waals surface area contributed by atoms with E-state index >= 15 is 0 Å². The lowest BCUT2D eigenvalue weighted by molar-refractivity contribution is -0.384. The minimum absolute atomic E-state index is 0.0127. The average Bonchev–Trinajstić information content (AvgIpc) is 2.97. The molecular weight excluding hydrogens is 392 g/mol. The van der Waals surface area contributed by atoms with Crippen molar-refractivity contribution in [2.45, 2.75) is 64.9 Å². The van der Waals surface area contributed by atoms with Crippen LogP contribution >= 0.6 is 0 Å².